The van der Waals surface area contributed by atoms with E-state index in [9.17, 15) is 28.8 Å². The minimum absolute atomic E-state index is 0.176. The van der Waals surface area contributed by atoms with Gasteiger partial charge in [-0.3, -0.25) is 38.6 Å². The van der Waals surface area contributed by atoms with Crippen LogP contribution in [0.1, 0.15) is 157 Å². The van der Waals surface area contributed by atoms with Crippen LogP contribution in [0.5, 0.6) is 0 Å². The molecular formula is C46H58N6O6. The first-order valence-corrected chi connectivity index (χ1v) is 22.4. The van der Waals surface area contributed by atoms with E-state index in [2.05, 4.69) is 10.6 Å². The first-order valence-electron chi connectivity index (χ1n) is 22.4. The number of unbranched alkanes of at least 4 members (excludes halogenated alkanes) is 2. The van der Waals surface area contributed by atoms with E-state index in [1.54, 1.807) is 24.3 Å². The number of hydrogen-bond donors (Lipinski definition) is 4. The highest BCUT2D eigenvalue weighted by Crippen LogP contribution is 2.57. The summed E-state index contributed by atoms with van der Waals surface area (Å²) < 4.78 is 0. The fourth-order valence-electron chi connectivity index (χ4n) is 14.4. The second kappa shape index (κ2) is 14.2. The summed E-state index contributed by atoms with van der Waals surface area (Å²) in [4.78, 5) is 89.6. The molecule has 2 aromatic carbocycles. The minimum atomic E-state index is -1.03. The van der Waals surface area contributed by atoms with Crippen molar-refractivity contribution in [1.82, 2.24) is 20.4 Å². The Bertz CT molecular complexity index is 1820. The first kappa shape index (κ1) is 38.1. The number of nitrogens with one attached hydrogen (secondary N) is 2. The zero-order chi connectivity index (χ0) is 40.1. The van der Waals surface area contributed by atoms with Gasteiger partial charge in [0.2, 0.25) is 11.8 Å². The normalized spacial score (nSPS) is 33.6. The van der Waals surface area contributed by atoms with Gasteiger partial charge in [0, 0.05) is 44.1 Å². The number of carbonyl (C=O) groups excluding carboxylic acids is 6. The molecule has 10 aliphatic rings. The number of amides is 6. The Morgan fingerprint density at radius 1 is 0.517 bits per heavy atom. The maximum absolute atomic E-state index is 14.6. The molecule has 8 saturated carbocycles. The molecule has 2 aliphatic heterocycles. The Labute approximate surface area is 339 Å². The third kappa shape index (κ3) is 6.13. The van der Waals surface area contributed by atoms with Crippen molar-refractivity contribution in [2.45, 2.75) is 139 Å². The first-order chi connectivity index (χ1) is 28.0. The van der Waals surface area contributed by atoms with Crippen LogP contribution in [-0.2, 0) is 9.59 Å². The lowest BCUT2D eigenvalue weighted by Crippen LogP contribution is -2.64. The van der Waals surface area contributed by atoms with Gasteiger partial charge in [-0.15, -0.1) is 0 Å². The zero-order valence-electron chi connectivity index (χ0n) is 33.6. The molecule has 0 aromatic heterocycles. The smallest absolute Gasteiger partial charge is 0.262 e. The molecule has 8 aliphatic carbocycles. The third-order valence-corrected chi connectivity index (χ3v) is 15.9. The van der Waals surface area contributed by atoms with Crippen LogP contribution in [0.4, 0.5) is 0 Å². The number of imide groups is 2. The highest BCUT2D eigenvalue weighted by Gasteiger charge is 2.55. The molecule has 12 rings (SSSR count). The summed E-state index contributed by atoms with van der Waals surface area (Å²) in [6.07, 6.45) is 15.9. The molecule has 0 saturated heterocycles. The average Bonchev–Trinajstić information content (AvgIpc) is 3.16. The van der Waals surface area contributed by atoms with E-state index in [-0.39, 0.29) is 68.8 Å². The molecule has 8 bridgehead atoms. The summed E-state index contributed by atoms with van der Waals surface area (Å²) in [5.41, 5.74) is 11.8. The lowest BCUT2D eigenvalue weighted by atomic mass is 9.53. The Balaban J connectivity index is 0.957. The molecule has 2 aromatic rings. The zero-order valence-corrected chi connectivity index (χ0v) is 33.6. The van der Waals surface area contributed by atoms with Crippen LogP contribution >= 0.6 is 0 Å². The van der Waals surface area contributed by atoms with Crippen molar-refractivity contribution in [3.63, 3.8) is 0 Å². The SMILES string of the molecule is NCCCCC(C(=O)NC12CC3CC(CC(C3)C1)C2)N1C(=O)c2ccc3c4c(ccc(c24)C1=O)C(=O)N(C(CCCCN)C(=O)NC12CC4CC(CC(C4)C1)C2)C3=O. The predicted octanol–water partition coefficient (Wildman–Crippen LogP) is 5.20. The lowest BCUT2D eigenvalue weighted by molar-refractivity contribution is -0.132. The van der Waals surface area contributed by atoms with Crippen molar-refractivity contribution in [2.75, 3.05) is 13.1 Å². The molecule has 308 valence electrons. The highest BCUT2D eigenvalue weighted by atomic mass is 16.2. The molecule has 0 radical (unpaired) electrons. The molecule has 8 fully saturated rings. The van der Waals surface area contributed by atoms with Crippen molar-refractivity contribution in [2.24, 2.45) is 47.0 Å². The molecule has 0 spiro atoms. The fraction of sp³-hybridized carbons (Fsp3) is 0.652. The van der Waals surface area contributed by atoms with Crippen LogP contribution in [0.3, 0.4) is 0 Å². The third-order valence-electron chi connectivity index (χ3n) is 15.9. The second-order valence-corrected chi connectivity index (χ2v) is 20.0. The number of nitrogens with zero attached hydrogens (tertiary/aromatic N) is 2. The van der Waals surface area contributed by atoms with E-state index in [4.69, 9.17) is 11.5 Å². The highest BCUT2D eigenvalue weighted by molar-refractivity contribution is 6.34. The van der Waals surface area contributed by atoms with E-state index in [1.807, 2.05) is 0 Å². The van der Waals surface area contributed by atoms with Crippen LogP contribution in [-0.4, -0.2) is 81.5 Å². The summed E-state index contributed by atoms with van der Waals surface area (Å²) in [7, 11) is 0. The topological polar surface area (TPSA) is 185 Å². The fourth-order valence-corrected chi connectivity index (χ4v) is 14.4. The molecular weight excluding hydrogens is 733 g/mol. The second-order valence-electron chi connectivity index (χ2n) is 20.0. The number of nitrogens with two attached hydrogens (primary N) is 2. The van der Waals surface area contributed by atoms with Gasteiger partial charge < -0.3 is 22.1 Å². The van der Waals surface area contributed by atoms with Crippen molar-refractivity contribution < 1.29 is 28.8 Å². The molecule has 58 heavy (non-hydrogen) atoms. The van der Waals surface area contributed by atoms with Gasteiger partial charge in [-0.2, -0.15) is 0 Å². The Hall–Kier alpha value is -4.16. The number of hydrogen-bond acceptors (Lipinski definition) is 8. The van der Waals surface area contributed by atoms with Crippen LogP contribution in [0, 0.1) is 35.5 Å². The maximum Gasteiger partial charge on any atom is 0.262 e. The van der Waals surface area contributed by atoms with Gasteiger partial charge in [0.15, 0.2) is 0 Å². The molecule has 6 amide bonds. The largest absolute Gasteiger partial charge is 0.349 e. The van der Waals surface area contributed by atoms with E-state index < -0.39 is 35.7 Å². The summed E-state index contributed by atoms with van der Waals surface area (Å²) in [5.74, 6) is 0.552. The average molecular weight is 791 g/mol. The molecule has 2 heterocycles. The minimum Gasteiger partial charge on any atom is -0.349 e. The quantitative estimate of drug-likeness (QED) is 0.149. The monoisotopic (exact) mass is 790 g/mol. The molecule has 2 unspecified atom stereocenters. The van der Waals surface area contributed by atoms with Crippen LogP contribution in [0.25, 0.3) is 10.8 Å². The summed E-state index contributed by atoms with van der Waals surface area (Å²) in [6, 6.07) is 4.12. The number of carbonyl (C=O) groups is 6. The van der Waals surface area contributed by atoms with E-state index in [0.29, 0.717) is 74.3 Å². The Morgan fingerprint density at radius 3 is 1.05 bits per heavy atom. The Morgan fingerprint density at radius 2 is 0.793 bits per heavy atom. The van der Waals surface area contributed by atoms with Gasteiger partial charge in [-0.25, -0.2) is 0 Å². The summed E-state index contributed by atoms with van der Waals surface area (Å²) in [5, 5.41) is 7.34. The van der Waals surface area contributed by atoms with Gasteiger partial charge in [0.25, 0.3) is 23.6 Å². The lowest BCUT2D eigenvalue weighted by Gasteiger charge is -2.57. The van der Waals surface area contributed by atoms with Crippen LogP contribution in [0.15, 0.2) is 24.3 Å². The number of benzene rings is 2. The predicted molar refractivity (Wildman–Crippen MR) is 216 cm³/mol. The van der Waals surface area contributed by atoms with E-state index >= 15 is 0 Å². The van der Waals surface area contributed by atoms with Crippen LogP contribution < -0.4 is 22.1 Å². The van der Waals surface area contributed by atoms with Gasteiger partial charge >= 0.3 is 0 Å². The van der Waals surface area contributed by atoms with Gasteiger partial charge in [-0.1, -0.05) is 0 Å². The van der Waals surface area contributed by atoms with Crippen LogP contribution in [0.2, 0.25) is 0 Å². The van der Waals surface area contributed by atoms with Crippen molar-refractivity contribution in [1.29, 1.82) is 0 Å². The Kier molecular flexibility index (Phi) is 9.35. The van der Waals surface area contributed by atoms with Gasteiger partial charge in [0.1, 0.15) is 12.1 Å². The van der Waals surface area contributed by atoms with E-state index in [1.165, 1.54) is 38.5 Å². The van der Waals surface area contributed by atoms with Gasteiger partial charge in [-0.05, 0) is 188 Å². The molecule has 12 heteroatoms. The standard InChI is InChI=1S/C46H58N6O6/c47-11-3-1-5-35(39(53)49-45-19-25-13-26(20-45)15-27(14-25)21-45)51-41(55)31-7-9-33-38-34(10-8-32(37(31)38)42(51)56)44(58)52(43(33)57)36(6-2-4-12-48)40(54)50-46-22-28-16-29(23-46)18-30(17-28)24-46/h7-10,25-30,35-36H,1-6,11-24,47-48H2,(H,49,53)(H,50,54). The van der Waals surface area contributed by atoms with Crippen molar-refractivity contribution in [3.8, 4) is 0 Å². The summed E-state index contributed by atoms with van der Waals surface area (Å²) in [6.45, 7) is 0.853. The van der Waals surface area contributed by atoms with Crippen molar-refractivity contribution in [3.05, 3.63) is 46.5 Å². The maximum atomic E-state index is 14.6. The molecule has 6 N–H and O–H groups in total. The molecule has 2 atom stereocenters. The molecule has 12 nitrogen and oxygen atoms in total. The van der Waals surface area contributed by atoms with E-state index in [0.717, 1.165) is 48.3 Å². The van der Waals surface area contributed by atoms with Gasteiger partial charge in [0.05, 0.1) is 0 Å². The van der Waals surface area contributed by atoms with Crippen molar-refractivity contribution >= 4 is 46.2 Å². The summed E-state index contributed by atoms with van der Waals surface area (Å²) >= 11 is 0. The number of rotatable bonds is 14.